The van der Waals surface area contributed by atoms with Crippen molar-refractivity contribution in [2.24, 2.45) is 5.73 Å². The quantitative estimate of drug-likeness (QED) is 0.519. The zero-order valence-electron chi connectivity index (χ0n) is 16.2. The highest BCUT2D eigenvalue weighted by Crippen LogP contribution is 2.39. The number of nitrogens with zero attached hydrogens (tertiary/aromatic N) is 5. The summed E-state index contributed by atoms with van der Waals surface area (Å²) in [6.07, 6.45) is 3.30. The number of ether oxygens (including phenoxy) is 1. The number of fused-ring (bicyclic) bond motifs is 1. The average Bonchev–Trinajstić information content (AvgIpc) is 3.23. The first-order valence-corrected chi connectivity index (χ1v) is 10.5. The van der Waals surface area contributed by atoms with Crippen LogP contribution < -0.4 is 16.4 Å². The van der Waals surface area contributed by atoms with E-state index in [2.05, 4.69) is 27.0 Å². The molecule has 5 rings (SSSR count). The number of morpholine rings is 1. The molecular weight excluding hydrogens is 398 g/mol. The molecular formula is C21H20N7OS. The molecule has 1 aliphatic heterocycles. The normalized spacial score (nSPS) is 14.4. The van der Waals surface area contributed by atoms with Gasteiger partial charge in [0.2, 0.25) is 5.95 Å². The van der Waals surface area contributed by atoms with Crippen molar-refractivity contribution < 1.29 is 4.74 Å². The van der Waals surface area contributed by atoms with Crippen LogP contribution in [-0.2, 0) is 11.3 Å². The fraction of sp³-hybridized carbons (Fsp3) is 0.238. The molecule has 9 heteroatoms. The highest BCUT2D eigenvalue weighted by molar-refractivity contribution is 7.22. The molecule has 1 radical (unpaired) electrons. The lowest BCUT2D eigenvalue weighted by atomic mass is 10.1. The van der Waals surface area contributed by atoms with Crippen molar-refractivity contribution in [3.05, 3.63) is 48.3 Å². The minimum absolute atomic E-state index is 0.223. The van der Waals surface area contributed by atoms with Crippen LogP contribution in [0.2, 0.25) is 0 Å². The van der Waals surface area contributed by atoms with Crippen LogP contribution in [0.15, 0.2) is 36.7 Å². The maximum absolute atomic E-state index is 5.95. The SMILES string of the molecule is NCc1c[c]ccc1-c1cc2nc(-c3cnc(N)nc3)nc(N3CCOCC3)c2s1. The maximum Gasteiger partial charge on any atom is 0.219 e. The predicted molar refractivity (Wildman–Crippen MR) is 118 cm³/mol. The van der Waals surface area contributed by atoms with Crippen LogP contribution in [0.5, 0.6) is 0 Å². The number of thiophene rings is 1. The zero-order valence-corrected chi connectivity index (χ0v) is 17.0. The Morgan fingerprint density at radius 1 is 1.17 bits per heavy atom. The number of benzene rings is 1. The average molecular weight is 419 g/mol. The van der Waals surface area contributed by atoms with Gasteiger partial charge in [0.25, 0.3) is 0 Å². The molecule has 0 spiro atoms. The van der Waals surface area contributed by atoms with E-state index in [1.807, 2.05) is 18.2 Å². The lowest BCUT2D eigenvalue weighted by Gasteiger charge is -2.28. The number of nitrogens with two attached hydrogens (primary N) is 2. The van der Waals surface area contributed by atoms with E-state index in [9.17, 15) is 0 Å². The third kappa shape index (κ3) is 3.47. The van der Waals surface area contributed by atoms with Gasteiger partial charge in [-0.25, -0.2) is 19.9 Å². The van der Waals surface area contributed by atoms with Crippen molar-refractivity contribution in [1.29, 1.82) is 0 Å². The Balaban J connectivity index is 1.69. The fourth-order valence-electron chi connectivity index (χ4n) is 3.49. The van der Waals surface area contributed by atoms with Gasteiger partial charge in [0.1, 0.15) is 0 Å². The number of aromatic nitrogens is 4. The molecule has 1 aromatic carbocycles. The summed E-state index contributed by atoms with van der Waals surface area (Å²) < 4.78 is 6.58. The molecule has 4 aromatic rings. The van der Waals surface area contributed by atoms with E-state index in [0.29, 0.717) is 25.6 Å². The summed E-state index contributed by atoms with van der Waals surface area (Å²) in [4.78, 5) is 21.2. The molecule has 1 saturated heterocycles. The molecule has 0 saturated carbocycles. The lowest BCUT2D eigenvalue weighted by Crippen LogP contribution is -2.36. The first-order chi connectivity index (χ1) is 14.7. The van der Waals surface area contributed by atoms with Crippen LogP contribution in [0.3, 0.4) is 0 Å². The van der Waals surface area contributed by atoms with E-state index in [-0.39, 0.29) is 5.95 Å². The molecule has 0 bridgehead atoms. The van der Waals surface area contributed by atoms with Crippen molar-refractivity contribution in [3.63, 3.8) is 0 Å². The Kier molecular flexibility index (Phi) is 4.99. The third-order valence-electron chi connectivity index (χ3n) is 5.03. The van der Waals surface area contributed by atoms with Gasteiger partial charge >= 0.3 is 0 Å². The molecule has 0 amide bonds. The second-order valence-corrected chi connectivity index (χ2v) is 7.96. The standard InChI is InChI=1S/C21H20N7OS/c22-10-13-3-1-2-4-15(13)17-9-16-18(30-17)20(28-5-7-29-8-6-28)27-19(26-16)14-11-24-21(23)25-12-14/h2-4,9,11-12H,5-8,10,22H2,(H2,23,24,25). The number of hydrogen-bond acceptors (Lipinski definition) is 9. The Morgan fingerprint density at radius 3 is 2.73 bits per heavy atom. The van der Waals surface area contributed by atoms with Crippen LogP contribution >= 0.6 is 11.3 Å². The molecule has 8 nitrogen and oxygen atoms in total. The molecule has 30 heavy (non-hydrogen) atoms. The van der Waals surface area contributed by atoms with Gasteiger partial charge in [-0.2, -0.15) is 0 Å². The van der Waals surface area contributed by atoms with Gasteiger partial charge < -0.3 is 21.1 Å². The van der Waals surface area contributed by atoms with Crippen molar-refractivity contribution >= 4 is 33.3 Å². The molecule has 3 aromatic heterocycles. The summed E-state index contributed by atoms with van der Waals surface area (Å²) in [5.41, 5.74) is 15.4. The Morgan fingerprint density at radius 2 is 1.97 bits per heavy atom. The van der Waals surface area contributed by atoms with Gasteiger partial charge in [0, 0.05) is 36.9 Å². The van der Waals surface area contributed by atoms with Crippen molar-refractivity contribution in [2.45, 2.75) is 6.54 Å². The monoisotopic (exact) mass is 418 g/mol. The smallest absolute Gasteiger partial charge is 0.219 e. The van der Waals surface area contributed by atoms with Crippen LogP contribution in [0, 0.1) is 6.07 Å². The van der Waals surface area contributed by atoms with Gasteiger partial charge in [-0.1, -0.05) is 12.1 Å². The molecule has 0 unspecified atom stereocenters. The van der Waals surface area contributed by atoms with Crippen LogP contribution in [-0.4, -0.2) is 46.2 Å². The summed E-state index contributed by atoms with van der Waals surface area (Å²) in [5, 5.41) is 0. The highest BCUT2D eigenvalue weighted by atomic mass is 32.1. The summed E-state index contributed by atoms with van der Waals surface area (Å²) >= 11 is 1.68. The number of hydrogen-bond donors (Lipinski definition) is 2. The van der Waals surface area contributed by atoms with E-state index in [4.69, 9.17) is 26.2 Å². The van der Waals surface area contributed by atoms with E-state index in [0.717, 1.165) is 50.7 Å². The Hall–Kier alpha value is -3.14. The van der Waals surface area contributed by atoms with Crippen molar-refractivity contribution in [3.8, 4) is 21.8 Å². The molecule has 1 fully saturated rings. The van der Waals surface area contributed by atoms with Gasteiger partial charge in [0.05, 0.1) is 29.0 Å². The maximum atomic E-state index is 5.95. The van der Waals surface area contributed by atoms with Gasteiger partial charge in [-0.3, -0.25) is 0 Å². The molecule has 4 heterocycles. The van der Waals surface area contributed by atoms with E-state index >= 15 is 0 Å². The molecule has 4 N–H and O–H groups in total. The minimum Gasteiger partial charge on any atom is -0.378 e. The topological polar surface area (TPSA) is 116 Å². The summed E-state index contributed by atoms with van der Waals surface area (Å²) in [6.45, 7) is 3.37. The number of rotatable bonds is 4. The van der Waals surface area contributed by atoms with Crippen molar-refractivity contribution in [1.82, 2.24) is 19.9 Å². The van der Waals surface area contributed by atoms with E-state index < -0.39 is 0 Å². The fourth-order valence-corrected chi connectivity index (χ4v) is 4.67. The van der Waals surface area contributed by atoms with Crippen LogP contribution in [0.4, 0.5) is 11.8 Å². The van der Waals surface area contributed by atoms with Crippen molar-refractivity contribution in [2.75, 3.05) is 36.9 Å². The summed E-state index contributed by atoms with van der Waals surface area (Å²) in [5.74, 6) is 1.71. The first kappa shape index (κ1) is 18.9. The number of nitrogen functional groups attached to an aromatic ring is 1. The van der Waals surface area contributed by atoms with Gasteiger partial charge in [-0.15, -0.1) is 11.3 Å². The van der Waals surface area contributed by atoms with Gasteiger partial charge in [-0.05, 0) is 29.3 Å². The van der Waals surface area contributed by atoms with Crippen LogP contribution in [0.1, 0.15) is 5.56 Å². The second-order valence-electron chi connectivity index (χ2n) is 6.91. The third-order valence-corrected chi connectivity index (χ3v) is 6.18. The van der Waals surface area contributed by atoms with E-state index in [1.165, 1.54) is 0 Å². The molecule has 0 aliphatic carbocycles. The first-order valence-electron chi connectivity index (χ1n) is 9.64. The molecule has 0 atom stereocenters. The minimum atomic E-state index is 0.223. The summed E-state index contributed by atoms with van der Waals surface area (Å²) in [7, 11) is 0. The molecule has 1 aliphatic rings. The summed E-state index contributed by atoms with van der Waals surface area (Å²) in [6, 6.07) is 11.1. The number of anilines is 2. The highest BCUT2D eigenvalue weighted by Gasteiger charge is 2.21. The molecule has 151 valence electrons. The van der Waals surface area contributed by atoms with Gasteiger partial charge in [0.15, 0.2) is 11.6 Å². The van der Waals surface area contributed by atoms with Crippen LogP contribution in [0.25, 0.3) is 32.0 Å². The zero-order chi connectivity index (χ0) is 20.5. The second kappa shape index (κ2) is 7.94. The lowest BCUT2D eigenvalue weighted by molar-refractivity contribution is 0.122. The predicted octanol–water partition coefficient (Wildman–Crippen LogP) is 2.49. The Bertz CT molecular complexity index is 1190. The van der Waals surface area contributed by atoms with E-state index in [1.54, 1.807) is 23.7 Å². The Labute approximate surface area is 177 Å². The largest absolute Gasteiger partial charge is 0.378 e.